The number of carbonyl (C=O) groups excluding carboxylic acids is 2. The highest BCUT2D eigenvalue weighted by Gasteiger charge is 2.17. The summed E-state index contributed by atoms with van der Waals surface area (Å²) in [6.07, 6.45) is 1.69. The molecule has 0 bridgehead atoms. The largest absolute Gasteiger partial charge is 0.497 e. The molecule has 30 heavy (non-hydrogen) atoms. The molecule has 1 aromatic heterocycles. The number of benzene rings is 2. The van der Waals surface area contributed by atoms with Crippen LogP contribution in [-0.4, -0.2) is 18.9 Å². The van der Waals surface area contributed by atoms with Gasteiger partial charge in [-0.1, -0.05) is 35.9 Å². The molecule has 3 aromatic rings. The molecule has 0 spiro atoms. The molecule has 0 saturated heterocycles. The number of rotatable bonds is 7. The number of thiophene rings is 1. The smallest absolute Gasteiger partial charge is 0.268 e. The third-order valence-corrected chi connectivity index (χ3v) is 5.42. The minimum absolute atomic E-state index is 0.198. The lowest BCUT2D eigenvalue weighted by Crippen LogP contribution is -2.36. The van der Waals surface area contributed by atoms with E-state index in [0.717, 1.165) is 21.8 Å². The first-order valence-corrected chi connectivity index (χ1v) is 10.4. The van der Waals surface area contributed by atoms with Crippen LogP contribution in [-0.2, 0) is 4.79 Å². The lowest BCUT2D eigenvalue weighted by Gasteiger charge is -2.17. The van der Waals surface area contributed by atoms with Crippen molar-refractivity contribution < 1.29 is 14.3 Å². The zero-order valence-electron chi connectivity index (χ0n) is 17.1. The molecule has 0 radical (unpaired) electrons. The highest BCUT2D eigenvalue weighted by molar-refractivity contribution is 7.10. The van der Waals surface area contributed by atoms with Gasteiger partial charge in [0.2, 0.25) is 0 Å². The van der Waals surface area contributed by atoms with Gasteiger partial charge in [0.05, 0.1) is 13.2 Å². The van der Waals surface area contributed by atoms with Crippen molar-refractivity contribution >= 4 is 29.2 Å². The minimum Gasteiger partial charge on any atom is -0.497 e. The van der Waals surface area contributed by atoms with Gasteiger partial charge in [0, 0.05) is 10.4 Å². The van der Waals surface area contributed by atoms with Gasteiger partial charge >= 0.3 is 0 Å². The van der Waals surface area contributed by atoms with E-state index in [2.05, 4.69) is 10.6 Å². The number of carbonyl (C=O) groups is 2. The quantitative estimate of drug-likeness (QED) is 0.544. The second kappa shape index (κ2) is 9.89. The maximum atomic E-state index is 13.0. The minimum atomic E-state index is -0.354. The number of nitrogens with one attached hydrogen (secondary N) is 2. The first kappa shape index (κ1) is 21.3. The van der Waals surface area contributed by atoms with Crippen molar-refractivity contribution in [2.45, 2.75) is 19.9 Å². The van der Waals surface area contributed by atoms with Crippen LogP contribution in [0.1, 0.15) is 39.3 Å². The Morgan fingerprint density at radius 3 is 2.33 bits per heavy atom. The van der Waals surface area contributed by atoms with E-state index in [0.29, 0.717) is 5.56 Å². The molecule has 0 aliphatic carbocycles. The zero-order chi connectivity index (χ0) is 21.5. The molecule has 0 fully saturated rings. The molecule has 1 heterocycles. The fourth-order valence-electron chi connectivity index (χ4n) is 2.82. The van der Waals surface area contributed by atoms with E-state index in [4.69, 9.17) is 4.74 Å². The Labute approximate surface area is 180 Å². The molecule has 1 atom stereocenters. The first-order chi connectivity index (χ1) is 14.5. The summed E-state index contributed by atoms with van der Waals surface area (Å²) in [6, 6.07) is 18.2. The summed E-state index contributed by atoms with van der Waals surface area (Å²) >= 11 is 1.49. The molecule has 2 N–H and O–H groups in total. The summed E-state index contributed by atoms with van der Waals surface area (Å²) < 4.78 is 5.18. The molecule has 0 unspecified atom stereocenters. The third kappa shape index (κ3) is 5.58. The van der Waals surface area contributed by atoms with Crippen LogP contribution in [0.5, 0.6) is 5.75 Å². The predicted octanol–water partition coefficient (Wildman–Crippen LogP) is 4.71. The molecule has 3 rings (SSSR count). The average molecular weight is 421 g/mol. The normalized spacial score (nSPS) is 12.2. The van der Waals surface area contributed by atoms with Crippen molar-refractivity contribution in [2.75, 3.05) is 7.11 Å². The van der Waals surface area contributed by atoms with Crippen LogP contribution in [0.4, 0.5) is 0 Å². The number of aryl methyl sites for hydroxylation is 1. The van der Waals surface area contributed by atoms with Crippen molar-refractivity contribution in [2.24, 2.45) is 0 Å². The van der Waals surface area contributed by atoms with Crippen LogP contribution in [0.2, 0.25) is 0 Å². The van der Waals surface area contributed by atoms with E-state index >= 15 is 0 Å². The summed E-state index contributed by atoms with van der Waals surface area (Å²) in [5.74, 6) is 0.0677. The van der Waals surface area contributed by atoms with Crippen molar-refractivity contribution in [3.8, 4) is 5.75 Å². The van der Waals surface area contributed by atoms with Crippen molar-refractivity contribution in [1.29, 1.82) is 0 Å². The van der Waals surface area contributed by atoms with E-state index in [1.54, 1.807) is 25.3 Å². The van der Waals surface area contributed by atoms with Crippen LogP contribution < -0.4 is 15.4 Å². The van der Waals surface area contributed by atoms with Gasteiger partial charge < -0.3 is 15.4 Å². The fraction of sp³-hybridized carbons (Fsp3) is 0.167. The number of amides is 2. The van der Waals surface area contributed by atoms with Crippen LogP contribution >= 0.6 is 11.3 Å². The van der Waals surface area contributed by atoms with E-state index < -0.39 is 0 Å². The van der Waals surface area contributed by atoms with Gasteiger partial charge in [0.1, 0.15) is 11.4 Å². The highest BCUT2D eigenvalue weighted by atomic mass is 32.1. The molecule has 0 aliphatic heterocycles. The Balaban J connectivity index is 1.78. The molecule has 0 aliphatic rings. The van der Waals surface area contributed by atoms with Crippen LogP contribution in [0.3, 0.4) is 0 Å². The average Bonchev–Trinajstić information content (AvgIpc) is 3.27. The van der Waals surface area contributed by atoms with Gasteiger partial charge in [-0.05, 0) is 61.2 Å². The number of hydrogen-bond acceptors (Lipinski definition) is 4. The van der Waals surface area contributed by atoms with Crippen molar-refractivity contribution in [3.63, 3.8) is 0 Å². The van der Waals surface area contributed by atoms with E-state index in [1.165, 1.54) is 11.3 Å². The number of hydrogen-bond donors (Lipinski definition) is 2. The third-order valence-electron chi connectivity index (χ3n) is 4.60. The van der Waals surface area contributed by atoms with E-state index in [-0.39, 0.29) is 23.6 Å². The van der Waals surface area contributed by atoms with Crippen LogP contribution in [0.25, 0.3) is 6.08 Å². The monoisotopic (exact) mass is 420 g/mol. The fourth-order valence-corrected chi connectivity index (χ4v) is 3.48. The van der Waals surface area contributed by atoms with Gasteiger partial charge in [-0.2, -0.15) is 0 Å². The van der Waals surface area contributed by atoms with Gasteiger partial charge in [-0.15, -0.1) is 11.3 Å². The Hall–Kier alpha value is -3.38. The molecule has 6 heteroatoms. The standard InChI is InChI=1S/C24H24N2O3S/c1-16-6-8-19(9-7-16)23(27)26-22(15-21-5-4-14-30-21)24(28)25-17(2)18-10-12-20(29-3)13-11-18/h4-15,17H,1-3H3,(H,25,28)(H,26,27)/b22-15-/t17-/m1/s1. The Morgan fingerprint density at radius 2 is 1.73 bits per heavy atom. The second-order valence-corrected chi connectivity index (χ2v) is 7.84. The Morgan fingerprint density at radius 1 is 1.03 bits per heavy atom. The van der Waals surface area contributed by atoms with Crippen molar-refractivity contribution in [1.82, 2.24) is 10.6 Å². The molecule has 2 aromatic carbocycles. The second-order valence-electron chi connectivity index (χ2n) is 6.86. The predicted molar refractivity (Wildman–Crippen MR) is 120 cm³/mol. The zero-order valence-corrected chi connectivity index (χ0v) is 18.0. The number of methoxy groups -OCH3 is 1. The van der Waals surface area contributed by atoms with E-state index in [1.807, 2.05) is 67.8 Å². The van der Waals surface area contributed by atoms with Gasteiger partial charge in [-0.25, -0.2) is 0 Å². The molecular formula is C24H24N2O3S. The Bertz CT molecular complexity index is 1020. The van der Waals surface area contributed by atoms with Gasteiger partial charge in [0.15, 0.2) is 0 Å². The molecular weight excluding hydrogens is 396 g/mol. The summed E-state index contributed by atoms with van der Waals surface area (Å²) in [5, 5.41) is 7.64. The maximum absolute atomic E-state index is 13.0. The molecule has 0 saturated carbocycles. The topological polar surface area (TPSA) is 67.4 Å². The summed E-state index contributed by atoms with van der Waals surface area (Å²) in [4.78, 5) is 26.5. The highest BCUT2D eigenvalue weighted by Crippen LogP contribution is 2.18. The van der Waals surface area contributed by atoms with Crippen LogP contribution in [0, 0.1) is 6.92 Å². The van der Waals surface area contributed by atoms with E-state index in [9.17, 15) is 9.59 Å². The SMILES string of the molecule is COc1ccc([C@@H](C)NC(=O)/C(=C/c2cccs2)NC(=O)c2ccc(C)cc2)cc1. The number of ether oxygens (including phenoxy) is 1. The van der Waals surface area contributed by atoms with Gasteiger partial charge in [-0.3, -0.25) is 9.59 Å². The maximum Gasteiger partial charge on any atom is 0.268 e. The lowest BCUT2D eigenvalue weighted by molar-refractivity contribution is -0.118. The summed E-state index contributed by atoms with van der Waals surface area (Å²) in [7, 11) is 1.61. The lowest BCUT2D eigenvalue weighted by atomic mass is 10.1. The first-order valence-electron chi connectivity index (χ1n) is 9.54. The molecule has 154 valence electrons. The van der Waals surface area contributed by atoms with Crippen molar-refractivity contribution in [3.05, 3.63) is 93.3 Å². The Kier molecular flexibility index (Phi) is 7.03. The molecule has 5 nitrogen and oxygen atoms in total. The van der Waals surface area contributed by atoms with Crippen LogP contribution in [0.15, 0.2) is 71.7 Å². The summed E-state index contributed by atoms with van der Waals surface area (Å²) in [5.41, 5.74) is 2.69. The van der Waals surface area contributed by atoms with Gasteiger partial charge in [0.25, 0.3) is 11.8 Å². The summed E-state index contributed by atoms with van der Waals surface area (Å²) in [6.45, 7) is 3.85. The molecule has 2 amide bonds.